The zero-order valence-electron chi connectivity index (χ0n) is 9.95. The first-order chi connectivity index (χ1) is 9.17. The maximum absolute atomic E-state index is 11.6. The standard InChI is InChI=1S/C9H11N7O3/c1-19-9(18)12-7-4-16(15-14-7)5-8(17)11-6-2-3-10-13-6/h2-4H,5H2,1H3,(H,12,18)(H2,10,11,13,17). The molecule has 0 bridgehead atoms. The summed E-state index contributed by atoms with van der Waals surface area (Å²) >= 11 is 0. The first-order valence-corrected chi connectivity index (χ1v) is 5.21. The quantitative estimate of drug-likeness (QED) is 0.703. The molecule has 2 heterocycles. The first kappa shape index (κ1) is 12.5. The summed E-state index contributed by atoms with van der Waals surface area (Å²) in [6.07, 6.45) is 2.27. The second-order valence-electron chi connectivity index (χ2n) is 3.44. The number of nitrogens with one attached hydrogen (secondary N) is 3. The summed E-state index contributed by atoms with van der Waals surface area (Å²) in [5.74, 6) is 0.373. The number of hydrogen-bond acceptors (Lipinski definition) is 6. The summed E-state index contributed by atoms with van der Waals surface area (Å²) in [4.78, 5) is 22.5. The van der Waals surface area contributed by atoms with Crippen LogP contribution in [0.2, 0.25) is 0 Å². The lowest BCUT2D eigenvalue weighted by atomic mass is 10.5. The summed E-state index contributed by atoms with van der Waals surface area (Å²) < 4.78 is 5.67. The van der Waals surface area contributed by atoms with Gasteiger partial charge >= 0.3 is 6.09 Å². The maximum atomic E-state index is 11.6. The fourth-order valence-corrected chi connectivity index (χ4v) is 1.25. The molecule has 100 valence electrons. The van der Waals surface area contributed by atoms with E-state index in [0.717, 1.165) is 0 Å². The number of ether oxygens (including phenoxy) is 1. The average Bonchev–Trinajstić information content (AvgIpc) is 3.01. The summed E-state index contributed by atoms with van der Waals surface area (Å²) in [6.45, 7) is -0.0468. The van der Waals surface area contributed by atoms with E-state index in [-0.39, 0.29) is 18.3 Å². The fourth-order valence-electron chi connectivity index (χ4n) is 1.25. The lowest BCUT2D eigenvalue weighted by Crippen LogP contribution is -2.19. The maximum Gasteiger partial charge on any atom is 0.412 e. The molecule has 10 heteroatoms. The molecule has 0 fully saturated rings. The number of hydrogen-bond donors (Lipinski definition) is 3. The van der Waals surface area contributed by atoms with Crippen molar-refractivity contribution in [2.75, 3.05) is 17.7 Å². The van der Waals surface area contributed by atoms with Gasteiger partial charge in [0.1, 0.15) is 12.4 Å². The van der Waals surface area contributed by atoms with Crippen molar-refractivity contribution in [2.45, 2.75) is 6.54 Å². The topological polar surface area (TPSA) is 127 Å². The van der Waals surface area contributed by atoms with Crippen LogP contribution in [0.3, 0.4) is 0 Å². The van der Waals surface area contributed by atoms with Crippen LogP contribution in [0.4, 0.5) is 16.4 Å². The molecule has 0 saturated heterocycles. The van der Waals surface area contributed by atoms with Gasteiger partial charge in [-0.15, -0.1) is 5.10 Å². The minimum atomic E-state index is -0.658. The Hall–Kier alpha value is -2.91. The molecule has 0 aliphatic carbocycles. The minimum absolute atomic E-state index is 0.0468. The van der Waals surface area contributed by atoms with Crippen LogP contribution in [0.5, 0.6) is 0 Å². The third-order valence-electron chi connectivity index (χ3n) is 2.03. The van der Waals surface area contributed by atoms with E-state index in [0.29, 0.717) is 5.82 Å². The summed E-state index contributed by atoms with van der Waals surface area (Å²) in [6, 6.07) is 1.61. The molecule has 0 spiro atoms. The summed E-state index contributed by atoms with van der Waals surface area (Å²) in [5.41, 5.74) is 0. The van der Waals surface area contributed by atoms with E-state index >= 15 is 0 Å². The lowest BCUT2D eigenvalue weighted by molar-refractivity contribution is -0.116. The molecule has 0 radical (unpaired) electrons. The highest BCUT2D eigenvalue weighted by atomic mass is 16.5. The van der Waals surface area contributed by atoms with Gasteiger partial charge < -0.3 is 10.1 Å². The number of methoxy groups -OCH3 is 1. The van der Waals surface area contributed by atoms with Gasteiger partial charge in [0.2, 0.25) is 5.91 Å². The first-order valence-electron chi connectivity index (χ1n) is 5.21. The molecule has 3 N–H and O–H groups in total. The Kier molecular flexibility index (Phi) is 3.71. The Morgan fingerprint density at radius 2 is 2.32 bits per heavy atom. The molecular formula is C9H11N7O3. The van der Waals surface area contributed by atoms with Crippen LogP contribution in [0.25, 0.3) is 0 Å². The van der Waals surface area contributed by atoms with Gasteiger partial charge in [-0.05, 0) is 0 Å². The van der Waals surface area contributed by atoms with Crippen molar-refractivity contribution in [3.63, 3.8) is 0 Å². The van der Waals surface area contributed by atoms with E-state index in [1.807, 2.05) is 0 Å². The Balaban J connectivity index is 1.89. The molecule has 10 nitrogen and oxygen atoms in total. The van der Waals surface area contributed by atoms with Crippen LogP contribution in [0.1, 0.15) is 0 Å². The van der Waals surface area contributed by atoms with Gasteiger partial charge in [0.05, 0.1) is 19.5 Å². The Bertz CT molecular complexity index is 562. The molecule has 0 aliphatic heterocycles. The number of nitrogens with zero attached hydrogens (tertiary/aromatic N) is 4. The van der Waals surface area contributed by atoms with Crippen LogP contribution >= 0.6 is 0 Å². The normalized spacial score (nSPS) is 9.95. The van der Waals surface area contributed by atoms with Crippen molar-refractivity contribution in [3.8, 4) is 0 Å². The van der Waals surface area contributed by atoms with Gasteiger partial charge in [-0.1, -0.05) is 5.21 Å². The largest absolute Gasteiger partial charge is 0.453 e. The van der Waals surface area contributed by atoms with Gasteiger partial charge in [0, 0.05) is 6.07 Å². The molecule has 0 unspecified atom stereocenters. The number of aromatic amines is 1. The predicted octanol–water partition coefficient (Wildman–Crippen LogP) is -0.182. The van der Waals surface area contributed by atoms with Gasteiger partial charge in [0.25, 0.3) is 0 Å². The van der Waals surface area contributed by atoms with E-state index in [2.05, 4.69) is 35.9 Å². The number of carbonyl (C=O) groups excluding carboxylic acids is 2. The van der Waals surface area contributed by atoms with Crippen LogP contribution in [-0.4, -0.2) is 44.3 Å². The number of H-pyrrole nitrogens is 1. The van der Waals surface area contributed by atoms with Crippen LogP contribution in [-0.2, 0) is 16.1 Å². The Labute approximate surface area is 107 Å². The third kappa shape index (κ3) is 3.52. The Morgan fingerprint density at radius 3 is 3.00 bits per heavy atom. The zero-order valence-corrected chi connectivity index (χ0v) is 9.95. The minimum Gasteiger partial charge on any atom is -0.453 e. The van der Waals surface area contributed by atoms with Crippen molar-refractivity contribution >= 4 is 23.6 Å². The van der Waals surface area contributed by atoms with E-state index in [1.54, 1.807) is 6.07 Å². The average molecular weight is 265 g/mol. The van der Waals surface area contributed by atoms with Gasteiger partial charge in [0.15, 0.2) is 5.82 Å². The predicted molar refractivity (Wildman–Crippen MR) is 63.3 cm³/mol. The van der Waals surface area contributed by atoms with E-state index in [1.165, 1.54) is 24.2 Å². The van der Waals surface area contributed by atoms with Crippen molar-refractivity contribution in [1.29, 1.82) is 0 Å². The molecule has 0 saturated carbocycles. The van der Waals surface area contributed by atoms with Crippen LogP contribution in [0, 0.1) is 0 Å². The number of rotatable bonds is 4. The molecule has 0 aliphatic rings. The molecular weight excluding hydrogens is 254 g/mol. The number of amides is 2. The third-order valence-corrected chi connectivity index (χ3v) is 2.03. The SMILES string of the molecule is COC(=O)Nc1cn(CC(=O)Nc2ccn[nH]2)nn1. The van der Waals surface area contributed by atoms with Crippen molar-refractivity contribution < 1.29 is 14.3 Å². The van der Waals surface area contributed by atoms with Crippen LogP contribution in [0.15, 0.2) is 18.5 Å². The highest BCUT2D eigenvalue weighted by Crippen LogP contribution is 2.02. The zero-order chi connectivity index (χ0) is 13.7. The highest BCUT2D eigenvalue weighted by molar-refractivity contribution is 5.89. The monoisotopic (exact) mass is 265 g/mol. The van der Waals surface area contributed by atoms with Crippen molar-refractivity contribution in [2.24, 2.45) is 0 Å². The second kappa shape index (κ2) is 5.62. The van der Waals surface area contributed by atoms with Crippen molar-refractivity contribution in [3.05, 3.63) is 18.5 Å². The lowest BCUT2D eigenvalue weighted by Gasteiger charge is -2.01. The van der Waals surface area contributed by atoms with Crippen molar-refractivity contribution in [1.82, 2.24) is 25.2 Å². The molecule has 0 aromatic carbocycles. The summed E-state index contributed by atoms with van der Waals surface area (Å²) in [5, 5.41) is 18.5. The molecule has 2 aromatic rings. The molecule has 2 aromatic heterocycles. The molecule has 2 rings (SSSR count). The molecule has 19 heavy (non-hydrogen) atoms. The number of carbonyl (C=O) groups is 2. The molecule has 2 amide bonds. The number of aromatic nitrogens is 5. The summed E-state index contributed by atoms with van der Waals surface area (Å²) in [7, 11) is 1.23. The molecule has 0 atom stereocenters. The van der Waals surface area contributed by atoms with Crippen LogP contribution < -0.4 is 10.6 Å². The fraction of sp³-hybridized carbons (Fsp3) is 0.222. The van der Waals surface area contributed by atoms with Gasteiger partial charge in [-0.3, -0.25) is 15.2 Å². The Morgan fingerprint density at radius 1 is 1.47 bits per heavy atom. The highest BCUT2D eigenvalue weighted by Gasteiger charge is 2.08. The smallest absolute Gasteiger partial charge is 0.412 e. The second-order valence-corrected chi connectivity index (χ2v) is 3.44. The van der Waals surface area contributed by atoms with E-state index in [4.69, 9.17) is 0 Å². The van der Waals surface area contributed by atoms with Gasteiger partial charge in [-0.2, -0.15) is 5.10 Å². The van der Waals surface area contributed by atoms with Gasteiger partial charge in [-0.25, -0.2) is 9.48 Å². The number of anilines is 2. The van der Waals surface area contributed by atoms with E-state index < -0.39 is 6.09 Å². The van der Waals surface area contributed by atoms with E-state index in [9.17, 15) is 9.59 Å².